The minimum Gasteiger partial charge on any atom is -0.290 e. The van der Waals surface area contributed by atoms with Gasteiger partial charge in [-0.25, -0.2) is 0 Å². The number of nitrogens with zero attached hydrogens (tertiary/aromatic N) is 3. The fourth-order valence-corrected chi connectivity index (χ4v) is 3.66. The molecule has 0 spiro atoms. The van der Waals surface area contributed by atoms with Crippen LogP contribution in [-0.4, -0.2) is 57.3 Å². The van der Waals surface area contributed by atoms with E-state index in [0.717, 1.165) is 0 Å². The van der Waals surface area contributed by atoms with Crippen LogP contribution in [0.2, 0.25) is 0 Å². The van der Waals surface area contributed by atoms with E-state index in [2.05, 4.69) is 42.0 Å². The van der Waals surface area contributed by atoms with Gasteiger partial charge in [-0.3, -0.25) is 14.0 Å². The minimum absolute atomic E-state index is 0.0324. The normalized spacial score (nSPS) is 29.7. The van der Waals surface area contributed by atoms with Crippen LogP contribution in [0.1, 0.15) is 13.8 Å². The van der Waals surface area contributed by atoms with E-state index in [9.17, 15) is 0 Å². The molecule has 0 atom stereocenters. The van der Waals surface area contributed by atoms with Gasteiger partial charge in [0.1, 0.15) is 6.29 Å². The van der Waals surface area contributed by atoms with Crippen LogP contribution in [0, 0.1) is 0 Å². The maximum atomic E-state index is 2.59. The third-order valence-electron chi connectivity index (χ3n) is 2.29. The summed E-state index contributed by atoms with van der Waals surface area (Å²) in [4.78, 5) is 2.30. The second kappa shape index (κ2) is 3.67. The molecule has 0 bridgehead atoms. The van der Waals surface area contributed by atoms with E-state index >= 15 is 0 Å². The van der Waals surface area contributed by atoms with Gasteiger partial charge in [0.2, 0.25) is 0 Å². The highest BCUT2D eigenvalue weighted by Gasteiger charge is 2.35. The molecule has 1 saturated heterocycles. The van der Waals surface area contributed by atoms with E-state index < -0.39 is 0 Å². The monoisotopic (exact) mass is 173 g/mol. The Balaban J connectivity index is 2.42. The van der Waals surface area contributed by atoms with Crippen molar-refractivity contribution in [2.45, 2.75) is 20.1 Å². The molecule has 0 radical (unpaired) electrons. The van der Waals surface area contributed by atoms with Gasteiger partial charge < -0.3 is 0 Å². The zero-order valence-electron chi connectivity index (χ0n) is 8.04. The van der Waals surface area contributed by atoms with Crippen molar-refractivity contribution in [2.75, 3.05) is 27.2 Å². The Hall–Kier alpha value is 0.0969. The van der Waals surface area contributed by atoms with Gasteiger partial charge in [-0.2, -0.15) is 0 Å². The van der Waals surface area contributed by atoms with Crippen LogP contribution >= 0.6 is 0 Å². The molecule has 0 aromatic rings. The minimum atomic E-state index is -0.0324. The average Bonchev–Trinajstić information content (AvgIpc) is 1.86. The largest absolute Gasteiger partial charge is 0.290 e. The first kappa shape index (κ1) is 9.19. The van der Waals surface area contributed by atoms with Crippen LogP contribution in [0.15, 0.2) is 0 Å². The van der Waals surface area contributed by atoms with E-state index in [-0.39, 0.29) is 9.84 Å². The highest BCUT2D eigenvalue weighted by atomic mass is 28.2. The Morgan fingerprint density at radius 3 is 1.91 bits per heavy atom. The van der Waals surface area contributed by atoms with Gasteiger partial charge in [-0.15, -0.1) is 0 Å². The summed E-state index contributed by atoms with van der Waals surface area (Å²) >= 11 is 0. The standard InChI is InChI=1S/C7H19N3Si/c1-5-9-7(8(3)4)10(6-2)11-9/h7H,5-6,11H2,1-4H3. The molecule has 1 rings (SSSR count). The lowest BCUT2D eigenvalue weighted by Crippen LogP contribution is -2.71. The maximum absolute atomic E-state index is 2.59. The van der Waals surface area contributed by atoms with E-state index in [1.165, 1.54) is 13.1 Å². The first-order valence-electron chi connectivity index (χ1n) is 4.35. The van der Waals surface area contributed by atoms with Crippen molar-refractivity contribution in [3.05, 3.63) is 0 Å². The van der Waals surface area contributed by atoms with E-state index in [4.69, 9.17) is 0 Å². The predicted octanol–water partition coefficient (Wildman–Crippen LogP) is -0.512. The molecule has 11 heavy (non-hydrogen) atoms. The molecule has 0 aromatic heterocycles. The molecule has 1 aliphatic heterocycles. The molecule has 1 heterocycles. The molecular formula is C7H19N3Si. The zero-order chi connectivity index (χ0) is 8.43. The molecule has 66 valence electrons. The molecule has 4 heteroatoms. The Morgan fingerprint density at radius 2 is 1.64 bits per heavy atom. The van der Waals surface area contributed by atoms with Gasteiger partial charge in [0, 0.05) is 0 Å². The fourth-order valence-electron chi connectivity index (χ4n) is 1.69. The third-order valence-corrected chi connectivity index (χ3v) is 4.56. The van der Waals surface area contributed by atoms with Crippen LogP contribution in [0.25, 0.3) is 0 Å². The highest BCUT2D eigenvalue weighted by molar-refractivity contribution is 6.32. The summed E-state index contributed by atoms with van der Waals surface area (Å²) in [5, 5.41) is 0. The molecule has 0 aliphatic carbocycles. The van der Waals surface area contributed by atoms with Crippen molar-refractivity contribution in [3.8, 4) is 0 Å². The fraction of sp³-hybridized carbons (Fsp3) is 1.00. The highest BCUT2D eigenvalue weighted by Crippen LogP contribution is 2.16. The SMILES string of the molecule is CCN1[SiH2]N(CC)C1N(C)C. The van der Waals surface area contributed by atoms with Gasteiger partial charge in [0.15, 0.2) is 9.84 Å². The van der Waals surface area contributed by atoms with Crippen LogP contribution in [0.4, 0.5) is 0 Å². The van der Waals surface area contributed by atoms with Crippen LogP contribution in [0.5, 0.6) is 0 Å². The van der Waals surface area contributed by atoms with E-state index in [1.54, 1.807) is 0 Å². The number of rotatable bonds is 3. The van der Waals surface area contributed by atoms with Gasteiger partial charge in [-0.05, 0) is 27.2 Å². The molecule has 0 saturated carbocycles. The Bertz CT molecular complexity index is 119. The Labute approximate surface area is 71.9 Å². The molecule has 0 aromatic carbocycles. The smallest absolute Gasteiger partial charge is 0.177 e. The average molecular weight is 173 g/mol. The van der Waals surface area contributed by atoms with Gasteiger partial charge in [0.25, 0.3) is 0 Å². The lowest BCUT2D eigenvalue weighted by atomic mass is 10.6. The molecule has 0 amide bonds. The van der Waals surface area contributed by atoms with Crippen molar-refractivity contribution in [1.29, 1.82) is 0 Å². The molecular weight excluding hydrogens is 154 g/mol. The van der Waals surface area contributed by atoms with Crippen molar-refractivity contribution >= 4 is 9.84 Å². The molecule has 3 nitrogen and oxygen atoms in total. The second-order valence-corrected chi connectivity index (χ2v) is 5.17. The summed E-state index contributed by atoms with van der Waals surface area (Å²) in [5.41, 5.74) is 0. The molecule has 1 fully saturated rings. The summed E-state index contributed by atoms with van der Waals surface area (Å²) in [7, 11) is 4.28. The van der Waals surface area contributed by atoms with E-state index in [0.29, 0.717) is 6.29 Å². The predicted molar refractivity (Wildman–Crippen MR) is 50.8 cm³/mol. The molecule has 0 unspecified atom stereocenters. The first-order valence-corrected chi connectivity index (χ1v) is 5.61. The molecule has 1 aliphatic rings. The van der Waals surface area contributed by atoms with Crippen molar-refractivity contribution < 1.29 is 0 Å². The Kier molecular flexibility index (Phi) is 3.06. The summed E-state index contributed by atoms with van der Waals surface area (Å²) in [5.74, 6) is 0. The summed E-state index contributed by atoms with van der Waals surface area (Å²) in [6.07, 6.45) is 0.608. The van der Waals surface area contributed by atoms with Crippen LogP contribution in [0.3, 0.4) is 0 Å². The van der Waals surface area contributed by atoms with Gasteiger partial charge >= 0.3 is 0 Å². The third kappa shape index (κ3) is 1.64. The van der Waals surface area contributed by atoms with Gasteiger partial charge in [-0.1, -0.05) is 13.8 Å². The quantitative estimate of drug-likeness (QED) is 0.532. The number of hydrogen-bond donors (Lipinski definition) is 0. The Morgan fingerprint density at radius 1 is 1.18 bits per heavy atom. The summed E-state index contributed by atoms with van der Waals surface area (Å²) in [6, 6.07) is 0. The van der Waals surface area contributed by atoms with Crippen LogP contribution in [-0.2, 0) is 0 Å². The maximum Gasteiger partial charge on any atom is 0.177 e. The zero-order valence-corrected chi connectivity index (χ0v) is 9.45. The van der Waals surface area contributed by atoms with Crippen molar-refractivity contribution in [3.63, 3.8) is 0 Å². The first-order chi connectivity index (χ1) is 5.20. The van der Waals surface area contributed by atoms with Crippen molar-refractivity contribution in [1.82, 2.24) is 14.0 Å². The lowest BCUT2D eigenvalue weighted by molar-refractivity contribution is -0.00894. The van der Waals surface area contributed by atoms with E-state index in [1.807, 2.05) is 0 Å². The van der Waals surface area contributed by atoms with Gasteiger partial charge in [0.05, 0.1) is 0 Å². The summed E-state index contributed by atoms with van der Waals surface area (Å²) in [6.45, 7) is 6.92. The van der Waals surface area contributed by atoms with Crippen LogP contribution < -0.4 is 0 Å². The molecule has 0 N–H and O–H groups in total. The lowest BCUT2D eigenvalue weighted by Gasteiger charge is -2.53. The number of hydrogen-bond acceptors (Lipinski definition) is 3. The topological polar surface area (TPSA) is 9.72 Å². The summed E-state index contributed by atoms with van der Waals surface area (Å²) < 4.78 is 5.17. The second-order valence-electron chi connectivity index (χ2n) is 3.26. The van der Waals surface area contributed by atoms with Crippen molar-refractivity contribution in [2.24, 2.45) is 0 Å².